The zero-order chi connectivity index (χ0) is 12.7. The van der Waals surface area contributed by atoms with E-state index in [-0.39, 0.29) is 16.4 Å². The molecule has 6 heteroatoms. The van der Waals surface area contributed by atoms with Crippen LogP contribution in [0, 0.1) is 6.92 Å². The Hall–Kier alpha value is -1.27. The molecule has 2 aromatic rings. The lowest BCUT2D eigenvalue weighted by molar-refractivity contribution is -0.115. The molecule has 0 saturated carbocycles. The van der Waals surface area contributed by atoms with E-state index in [1.165, 1.54) is 5.56 Å². The first kappa shape index (κ1) is 11.8. The highest BCUT2D eigenvalue weighted by Gasteiger charge is 2.32. The quantitative estimate of drug-likeness (QED) is 0.844. The summed E-state index contributed by atoms with van der Waals surface area (Å²) in [7, 11) is 0. The lowest BCUT2D eigenvalue weighted by Gasteiger charge is -2.15. The third kappa shape index (κ3) is 1.85. The summed E-state index contributed by atoms with van der Waals surface area (Å²) < 4.78 is 0. The standard InChI is InChI=1S/C12H13N3OS2/c1-6-9-10(8-3-4-17-5-8)18-7(2)12(16)13-11(9)15-14-6/h3-5,7,10H,1-2H3,(H2,13,14,15,16)/t7-,10-/m0/s1. The fourth-order valence-electron chi connectivity index (χ4n) is 2.08. The van der Waals surface area contributed by atoms with Crippen LogP contribution in [0.1, 0.15) is 29.0 Å². The number of fused-ring (bicyclic) bond motifs is 1. The van der Waals surface area contributed by atoms with E-state index in [9.17, 15) is 4.79 Å². The molecular formula is C12H13N3OS2. The molecule has 0 fully saturated rings. The first-order valence-electron chi connectivity index (χ1n) is 5.70. The molecule has 0 saturated heterocycles. The van der Waals surface area contributed by atoms with Gasteiger partial charge in [-0.15, -0.1) is 11.8 Å². The predicted octanol–water partition coefficient (Wildman–Crippen LogP) is 2.94. The number of hydrogen-bond acceptors (Lipinski definition) is 4. The zero-order valence-corrected chi connectivity index (χ0v) is 11.7. The summed E-state index contributed by atoms with van der Waals surface area (Å²) in [6.45, 7) is 3.93. The number of aromatic nitrogens is 2. The monoisotopic (exact) mass is 279 g/mol. The summed E-state index contributed by atoms with van der Waals surface area (Å²) in [4.78, 5) is 11.9. The number of aromatic amines is 1. The lowest BCUT2D eigenvalue weighted by atomic mass is 10.1. The van der Waals surface area contributed by atoms with Crippen molar-refractivity contribution < 1.29 is 4.79 Å². The van der Waals surface area contributed by atoms with E-state index in [4.69, 9.17) is 0 Å². The van der Waals surface area contributed by atoms with E-state index in [0.29, 0.717) is 5.82 Å². The molecule has 0 radical (unpaired) electrons. The number of H-pyrrole nitrogens is 1. The van der Waals surface area contributed by atoms with Crippen molar-refractivity contribution in [3.8, 4) is 0 Å². The molecule has 1 aliphatic heterocycles. The Bertz CT molecular complexity index is 576. The molecule has 0 bridgehead atoms. The molecule has 0 aliphatic carbocycles. The van der Waals surface area contributed by atoms with Crippen molar-refractivity contribution >= 4 is 34.8 Å². The maximum absolute atomic E-state index is 11.9. The molecule has 4 nitrogen and oxygen atoms in total. The second kappa shape index (κ2) is 4.44. The minimum absolute atomic E-state index is 0.0190. The number of rotatable bonds is 1. The average molecular weight is 279 g/mol. The fraction of sp³-hybridized carbons (Fsp3) is 0.333. The molecule has 2 N–H and O–H groups in total. The van der Waals surface area contributed by atoms with Gasteiger partial charge in [-0.25, -0.2) is 0 Å². The van der Waals surface area contributed by atoms with Crippen molar-refractivity contribution in [2.75, 3.05) is 5.32 Å². The number of anilines is 1. The molecule has 1 amide bonds. The van der Waals surface area contributed by atoms with Crippen molar-refractivity contribution in [1.82, 2.24) is 10.2 Å². The van der Waals surface area contributed by atoms with Crippen molar-refractivity contribution in [1.29, 1.82) is 0 Å². The molecule has 3 heterocycles. The second-order valence-corrected chi connectivity index (χ2v) is 6.55. The van der Waals surface area contributed by atoms with Gasteiger partial charge in [-0.3, -0.25) is 9.89 Å². The largest absolute Gasteiger partial charge is 0.308 e. The molecular weight excluding hydrogens is 266 g/mol. The number of hydrogen-bond donors (Lipinski definition) is 2. The van der Waals surface area contributed by atoms with Crippen LogP contribution in [0.15, 0.2) is 16.8 Å². The average Bonchev–Trinajstić information content (AvgIpc) is 2.95. The van der Waals surface area contributed by atoms with Gasteiger partial charge in [-0.2, -0.15) is 16.4 Å². The van der Waals surface area contributed by atoms with E-state index < -0.39 is 0 Å². The highest BCUT2D eigenvalue weighted by Crippen LogP contribution is 2.45. The maximum atomic E-state index is 11.9. The Morgan fingerprint density at radius 3 is 3.00 bits per heavy atom. The Morgan fingerprint density at radius 1 is 1.44 bits per heavy atom. The number of nitrogens with zero attached hydrogens (tertiary/aromatic N) is 1. The molecule has 2 aromatic heterocycles. The van der Waals surface area contributed by atoms with Gasteiger partial charge in [0.2, 0.25) is 5.91 Å². The van der Waals surface area contributed by atoms with E-state index in [0.717, 1.165) is 11.3 Å². The Kier molecular flexibility index (Phi) is 2.91. The van der Waals surface area contributed by atoms with Crippen LogP contribution in [0.4, 0.5) is 5.82 Å². The number of nitrogens with one attached hydrogen (secondary N) is 2. The van der Waals surface area contributed by atoms with E-state index in [2.05, 4.69) is 32.3 Å². The molecule has 0 aromatic carbocycles. The summed E-state index contributed by atoms with van der Waals surface area (Å²) in [5.74, 6) is 0.691. The highest BCUT2D eigenvalue weighted by molar-refractivity contribution is 8.01. The molecule has 0 unspecified atom stereocenters. The number of carbonyl (C=O) groups excluding carboxylic acids is 1. The van der Waals surface area contributed by atoms with Crippen LogP contribution in [-0.2, 0) is 4.79 Å². The summed E-state index contributed by atoms with van der Waals surface area (Å²) in [6.07, 6.45) is 0. The van der Waals surface area contributed by atoms with Gasteiger partial charge in [-0.1, -0.05) is 0 Å². The fourth-order valence-corrected chi connectivity index (χ4v) is 4.17. The van der Waals surface area contributed by atoms with Gasteiger partial charge in [0.25, 0.3) is 0 Å². The molecule has 94 valence electrons. The van der Waals surface area contributed by atoms with Gasteiger partial charge in [-0.05, 0) is 36.2 Å². The topological polar surface area (TPSA) is 57.8 Å². The SMILES string of the molecule is Cc1[nH]nc2c1[C@H](c1ccsc1)S[C@@H](C)C(=O)N2. The zero-order valence-electron chi connectivity index (χ0n) is 10.1. The number of thiophene rings is 1. The predicted molar refractivity (Wildman–Crippen MR) is 75.2 cm³/mol. The van der Waals surface area contributed by atoms with Crippen LogP contribution in [0.3, 0.4) is 0 Å². The smallest absolute Gasteiger partial charge is 0.238 e. The Morgan fingerprint density at radius 2 is 2.28 bits per heavy atom. The first-order chi connectivity index (χ1) is 8.66. The summed E-state index contributed by atoms with van der Waals surface area (Å²) >= 11 is 3.35. The van der Waals surface area contributed by atoms with Crippen molar-refractivity contribution in [3.63, 3.8) is 0 Å². The summed E-state index contributed by atoms with van der Waals surface area (Å²) in [5.41, 5.74) is 3.35. The van der Waals surface area contributed by atoms with Gasteiger partial charge in [0.1, 0.15) is 0 Å². The van der Waals surface area contributed by atoms with Crippen LogP contribution < -0.4 is 5.32 Å². The van der Waals surface area contributed by atoms with Gasteiger partial charge in [0, 0.05) is 11.3 Å². The number of aryl methyl sites for hydroxylation is 1. The van der Waals surface area contributed by atoms with Gasteiger partial charge >= 0.3 is 0 Å². The highest BCUT2D eigenvalue weighted by atomic mass is 32.2. The van der Waals surface area contributed by atoms with Gasteiger partial charge < -0.3 is 5.32 Å². The maximum Gasteiger partial charge on any atom is 0.238 e. The van der Waals surface area contributed by atoms with E-state index in [1.54, 1.807) is 23.1 Å². The number of thioether (sulfide) groups is 1. The van der Waals surface area contributed by atoms with E-state index >= 15 is 0 Å². The van der Waals surface area contributed by atoms with Crippen molar-refractivity contribution in [2.45, 2.75) is 24.3 Å². The normalized spacial score (nSPS) is 23.3. The second-order valence-electron chi connectivity index (χ2n) is 4.32. The van der Waals surface area contributed by atoms with Crippen LogP contribution in [0.25, 0.3) is 0 Å². The summed E-state index contributed by atoms with van der Waals surface area (Å²) in [5, 5.41) is 14.3. The molecule has 3 rings (SSSR count). The van der Waals surface area contributed by atoms with Gasteiger partial charge in [0.05, 0.1) is 10.5 Å². The van der Waals surface area contributed by atoms with Crippen molar-refractivity contribution in [2.24, 2.45) is 0 Å². The number of amides is 1. The third-order valence-corrected chi connectivity index (χ3v) is 5.16. The first-order valence-corrected chi connectivity index (χ1v) is 7.58. The van der Waals surface area contributed by atoms with Crippen molar-refractivity contribution in [3.05, 3.63) is 33.6 Å². The third-order valence-electron chi connectivity index (χ3n) is 3.05. The van der Waals surface area contributed by atoms with Crippen LogP contribution in [0.2, 0.25) is 0 Å². The minimum atomic E-state index is -0.0801. The van der Waals surface area contributed by atoms with Crippen LogP contribution in [-0.4, -0.2) is 21.4 Å². The summed E-state index contributed by atoms with van der Waals surface area (Å²) in [6, 6.07) is 2.11. The Labute approximate surface area is 113 Å². The molecule has 18 heavy (non-hydrogen) atoms. The lowest BCUT2D eigenvalue weighted by Crippen LogP contribution is -2.21. The molecule has 0 spiro atoms. The van der Waals surface area contributed by atoms with Crippen LogP contribution in [0.5, 0.6) is 0 Å². The minimum Gasteiger partial charge on any atom is -0.308 e. The number of carbonyl (C=O) groups is 1. The van der Waals surface area contributed by atoms with Crippen LogP contribution >= 0.6 is 23.1 Å². The molecule has 2 atom stereocenters. The molecule has 1 aliphatic rings. The van der Waals surface area contributed by atoms with E-state index in [1.807, 2.05) is 13.8 Å². The Balaban J connectivity index is 2.12. The van der Waals surface area contributed by atoms with Gasteiger partial charge in [0.15, 0.2) is 5.82 Å².